The number of amidine groups is 1. The van der Waals surface area contributed by atoms with Crippen molar-refractivity contribution in [2.75, 3.05) is 53.4 Å². The molecule has 3 N–H and O–H groups in total. The van der Waals surface area contributed by atoms with Gasteiger partial charge >= 0.3 is 6.09 Å². The summed E-state index contributed by atoms with van der Waals surface area (Å²) >= 11 is 0. The zero-order valence-corrected chi connectivity index (χ0v) is 29.0. The van der Waals surface area contributed by atoms with Crippen molar-refractivity contribution in [2.45, 2.75) is 51.0 Å². The van der Waals surface area contributed by atoms with Crippen LogP contribution in [0.4, 0.5) is 10.5 Å². The Morgan fingerprint density at radius 2 is 1.83 bits per heavy atom. The van der Waals surface area contributed by atoms with Crippen LogP contribution in [0.1, 0.15) is 46.1 Å². The van der Waals surface area contributed by atoms with Gasteiger partial charge < -0.3 is 25.6 Å². The van der Waals surface area contributed by atoms with E-state index in [2.05, 4.69) is 27.0 Å². The molecule has 0 bridgehead atoms. The first-order chi connectivity index (χ1) is 22.2. The summed E-state index contributed by atoms with van der Waals surface area (Å²) in [6, 6.07) is 12.6. The van der Waals surface area contributed by atoms with Crippen molar-refractivity contribution in [3.05, 3.63) is 53.6 Å². The molecule has 0 unspecified atom stereocenters. The fourth-order valence-electron chi connectivity index (χ4n) is 5.41. The Hall–Kier alpha value is -4.18. The van der Waals surface area contributed by atoms with Gasteiger partial charge in [-0.05, 0) is 82.6 Å². The van der Waals surface area contributed by atoms with Crippen LogP contribution in [0.15, 0.2) is 57.9 Å². The predicted octanol–water partition coefficient (Wildman–Crippen LogP) is 4.08. The predicted molar refractivity (Wildman–Crippen MR) is 185 cm³/mol. The van der Waals surface area contributed by atoms with E-state index in [4.69, 9.17) is 10.5 Å². The number of aliphatic imine (C=N–C) groups is 1. The molecule has 0 aromatic heterocycles. The van der Waals surface area contributed by atoms with E-state index in [1.807, 2.05) is 45.3 Å². The third-order valence-corrected chi connectivity index (χ3v) is 9.35. The Labute approximate surface area is 278 Å². The maximum absolute atomic E-state index is 13.6. The van der Waals surface area contributed by atoms with Crippen molar-refractivity contribution < 1.29 is 22.7 Å². The number of sulfonamides is 1. The van der Waals surface area contributed by atoms with Crippen LogP contribution in [-0.4, -0.2) is 99.3 Å². The van der Waals surface area contributed by atoms with Crippen LogP contribution in [0.25, 0.3) is 17.2 Å². The molecule has 2 aromatic carbocycles. The molecule has 0 radical (unpaired) electrons. The molecule has 1 fully saturated rings. The van der Waals surface area contributed by atoms with Crippen LogP contribution < -0.4 is 11.1 Å². The molecular formula is C35H46N6O5S. The topological polar surface area (TPSA) is 138 Å². The molecule has 0 saturated carbocycles. The van der Waals surface area contributed by atoms with E-state index in [0.717, 1.165) is 29.7 Å². The Kier molecular flexibility index (Phi) is 11.5. The lowest BCUT2D eigenvalue weighted by Crippen LogP contribution is -2.52. The van der Waals surface area contributed by atoms with E-state index < -0.39 is 21.7 Å². The summed E-state index contributed by atoms with van der Waals surface area (Å²) in [4.78, 5) is 34.1. The van der Waals surface area contributed by atoms with E-state index in [0.29, 0.717) is 42.6 Å². The number of nitrogens with two attached hydrogens (primary N) is 1. The third kappa shape index (κ3) is 9.67. The molecule has 11 nitrogen and oxygen atoms in total. The number of rotatable bonds is 10. The lowest BCUT2D eigenvalue weighted by Gasteiger charge is -2.39. The van der Waals surface area contributed by atoms with Crippen molar-refractivity contribution in [1.29, 1.82) is 0 Å². The van der Waals surface area contributed by atoms with Gasteiger partial charge in [-0.3, -0.25) is 4.79 Å². The highest BCUT2D eigenvalue weighted by Crippen LogP contribution is 2.34. The summed E-state index contributed by atoms with van der Waals surface area (Å²) in [6.07, 6.45) is 2.17. The Morgan fingerprint density at radius 3 is 2.51 bits per heavy atom. The number of carbonyl (C=O) groups is 2. The van der Waals surface area contributed by atoms with Crippen LogP contribution in [0.3, 0.4) is 0 Å². The summed E-state index contributed by atoms with van der Waals surface area (Å²) in [5.74, 6) is 6.28. The Bertz CT molecular complexity index is 1710. The highest BCUT2D eigenvalue weighted by Gasteiger charge is 2.36. The maximum Gasteiger partial charge on any atom is 0.408 e. The van der Waals surface area contributed by atoms with Crippen LogP contribution in [0, 0.1) is 17.8 Å². The molecule has 0 aliphatic carbocycles. The maximum atomic E-state index is 13.6. The lowest BCUT2D eigenvalue weighted by atomic mass is 10.0. The van der Waals surface area contributed by atoms with Crippen molar-refractivity contribution in [1.82, 2.24) is 19.4 Å². The molecule has 2 heterocycles. The van der Waals surface area contributed by atoms with E-state index in [1.165, 1.54) is 4.31 Å². The number of fused-ring (bicyclic) bond motifs is 1. The fourth-order valence-corrected chi connectivity index (χ4v) is 7.05. The number of hydrogen-bond donors (Lipinski definition) is 2. The second-order valence-corrected chi connectivity index (χ2v) is 15.1. The molecule has 252 valence electrons. The lowest BCUT2D eigenvalue weighted by molar-refractivity contribution is -0.126. The molecule has 2 amide bonds. The van der Waals surface area contributed by atoms with Gasteiger partial charge in [-0.25, -0.2) is 18.2 Å². The van der Waals surface area contributed by atoms with Gasteiger partial charge in [-0.1, -0.05) is 43.0 Å². The van der Waals surface area contributed by atoms with Crippen molar-refractivity contribution >= 4 is 39.6 Å². The van der Waals surface area contributed by atoms with Gasteiger partial charge in [0.05, 0.1) is 23.7 Å². The van der Waals surface area contributed by atoms with Gasteiger partial charge in [0.15, 0.2) is 0 Å². The number of benzene rings is 2. The first-order valence-corrected chi connectivity index (χ1v) is 17.2. The molecule has 2 aromatic rings. The second kappa shape index (κ2) is 15.2. The number of ether oxygens (including phenoxy) is 1. The van der Waals surface area contributed by atoms with Crippen LogP contribution >= 0.6 is 0 Å². The Morgan fingerprint density at radius 1 is 1.11 bits per heavy atom. The van der Waals surface area contributed by atoms with Gasteiger partial charge in [0, 0.05) is 43.7 Å². The average Bonchev–Trinajstić information content (AvgIpc) is 3.14. The highest BCUT2D eigenvalue weighted by molar-refractivity contribution is 7.89. The number of hydrogen-bond acceptors (Lipinski definition) is 8. The van der Waals surface area contributed by atoms with Gasteiger partial charge in [0.1, 0.15) is 11.4 Å². The highest BCUT2D eigenvalue weighted by atomic mass is 32.2. The standard InChI is InChI=1S/C35H46N6O5S/c1-7-16-40(17-9-8-15-37-34(43)46-35(2,3)4)33(42)29-18-28-14-13-27(20-31(28)38-32(36)21-29)26-11-10-12-30(19-26)47(44,45)41-23-25(24-41)22-39(5)6/h10-14,18-20,25H,7,15-17,21-24H2,1-6H3,(H2,36,38)(H,37,43). The van der Waals surface area contributed by atoms with Crippen molar-refractivity contribution in [2.24, 2.45) is 16.6 Å². The van der Waals surface area contributed by atoms with Crippen LogP contribution in [-0.2, 0) is 19.6 Å². The SMILES string of the molecule is CCCN(CC#CCNC(=O)OC(C)(C)C)C(=O)C1=Cc2ccc(-c3cccc(S(=O)(=O)N4CC(CN(C)C)C4)c3)cc2N=C(N)C1. The van der Waals surface area contributed by atoms with Gasteiger partial charge in [-0.2, -0.15) is 4.31 Å². The normalized spacial score (nSPS) is 15.3. The fraction of sp³-hybridized carbons (Fsp3) is 0.457. The van der Waals surface area contributed by atoms with Crippen LogP contribution in [0.5, 0.6) is 0 Å². The van der Waals surface area contributed by atoms with Gasteiger partial charge in [0.2, 0.25) is 10.0 Å². The smallest absolute Gasteiger partial charge is 0.408 e. The van der Waals surface area contributed by atoms with E-state index >= 15 is 0 Å². The minimum absolute atomic E-state index is 0.103. The summed E-state index contributed by atoms with van der Waals surface area (Å²) in [6.45, 7) is 10.0. The zero-order chi connectivity index (χ0) is 34.4. The van der Waals surface area contributed by atoms with E-state index in [1.54, 1.807) is 49.9 Å². The molecule has 2 aliphatic heterocycles. The summed E-state index contributed by atoms with van der Waals surface area (Å²) in [5, 5.41) is 2.59. The number of nitrogens with zero attached hydrogens (tertiary/aromatic N) is 4. The number of alkyl carbamates (subject to hydrolysis) is 1. The van der Waals surface area contributed by atoms with Crippen LogP contribution in [0.2, 0.25) is 0 Å². The minimum Gasteiger partial charge on any atom is -0.444 e. The summed E-state index contributed by atoms with van der Waals surface area (Å²) in [5.41, 5.74) is 9.06. The average molecular weight is 663 g/mol. The van der Waals surface area contributed by atoms with Gasteiger partial charge in [0.25, 0.3) is 5.91 Å². The molecule has 0 spiro atoms. The van der Waals surface area contributed by atoms with E-state index in [9.17, 15) is 18.0 Å². The summed E-state index contributed by atoms with van der Waals surface area (Å²) < 4.78 is 33.4. The first kappa shape index (κ1) is 35.7. The molecule has 4 rings (SSSR count). The summed E-state index contributed by atoms with van der Waals surface area (Å²) in [7, 11) is 0.375. The van der Waals surface area contributed by atoms with Crippen molar-refractivity contribution in [3.63, 3.8) is 0 Å². The first-order valence-electron chi connectivity index (χ1n) is 15.8. The molecule has 1 saturated heterocycles. The molecule has 2 aliphatic rings. The zero-order valence-electron chi connectivity index (χ0n) is 28.2. The molecular weight excluding hydrogens is 616 g/mol. The quantitative estimate of drug-likeness (QED) is 0.366. The second-order valence-electron chi connectivity index (χ2n) is 13.1. The van der Waals surface area contributed by atoms with Gasteiger partial charge in [-0.15, -0.1) is 0 Å². The van der Waals surface area contributed by atoms with Crippen molar-refractivity contribution in [3.8, 4) is 23.0 Å². The number of carbonyl (C=O) groups excluding carboxylic acids is 2. The number of nitrogens with one attached hydrogen (secondary N) is 1. The number of amides is 2. The molecule has 0 atom stereocenters. The van der Waals surface area contributed by atoms with E-state index in [-0.39, 0.29) is 30.3 Å². The largest absolute Gasteiger partial charge is 0.444 e. The monoisotopic (exact) mass is 662 g/mol. The molecule has 47 heavy (non-hydrogen) atoms. The molecule has 12 heteroatoms. The Balaban J connectivity index is 1.49. The minimum atomic E-state index is -3.60. The third-order valence-electron chi connectivity index (χ3n) is 7.52.